The zero-order valence-corrected chi connectivity index (χ0v) is 7.34. The van der Waals surface area contributed by atoms with Gasteiger partial charge < -0.3 is 0 Å². The van der Waals surface area contributed by atoms with Crippen molar-refractivity contribution in [2.45, 2.75) is 0 Å². The van der Waals surface area contributed by atoms with Crippen LogP contribution < -0.4 is 0 Å². The first-order valence-electron chi connectivity index (χ1n) is 3.67. The van der Waals surface area contributed by atoms with Crippen LogP contribution in [-0.4, -0.2) is 4.98 Å². The molecule has 0 aliphatic heterocycles. The molecule has 1 radical (unpaired) electrons. The van der Waals surface area contributed by atoms with Crippen LogP contribution in [0, 0.1) is 6.92 Å². The van der Waals surface area contributed by atoms with Gasteiger partial charge in [-0.3, -0.25) is 0 Å². The fourth-order valence-electron chi connectivity index (χ4n) is 1.03. The molecule has 0 unspecified atom stereocenters. The number of hydrogen-bond donors (Lipinski definition) is 0. The Bertz CT molecular complexity index is 348. The van der Waals surface area contributed by atoms with E-state index < -0.39 is 0 Å². The maximum atomic E-state index is 4.21. The average molecular weight is 174 g/mol. The maximum absolute atomic E-state index is 4.21. The average Bonchev–Trinajstić information content (AvgIpc) is 2.58. The van der Waals surface area contributed by atoms with Crippen molar-refractivity contribution in [3.63, 3.8) is 0 Å². The first kappa shape index (κ1) is 7.50. The topological polar surface area (TPSA) is 12.9 Å². The van der Waals surface area contributed by atoms with Crippen LogP contribution in [0.5, 0.6) is 0 Å². The summed E-state index contributed by atoms with van der Waals surface area (Å²) in [6.07, 6.45) is 0. The summed E-state index contributed by atoms with van der Waals surface area (Å²) in [5.74, 6) is 0. The lowest BCUT2D eigenvalue weighted by molar-refractivity contribution is 1.41. The van der Waals surface area contributed by atoms with Gasteiger partial charge in [-0.25, -0.2) is 4.98 Å². The lowest BCUT2D eigenvalue weighted by atomic mass is 10.1. The smallest absolute Gasteiger partial charge is 0.0811 e. The number of rotatable bonds is 1. The SMILES string of the molecule is [CH2]c1ccc(-c2cscn2)cc1. The summed E-state index contributed by atoms with van der Waals surface area (Å²) in [6.45, 7) is 3.83. The summed E-state index contributed by atoms with van der Waals surface area (Å²) < 4.78 is 0. The first-order chi connectivity index (χ1) is 5.86. The van der Waals surface area contributed by atoms with Crippen LogP contribution in [-0.2, 0) is 0 Å². The molecule has 2 heteroatoms. The summed E-state index contributed by atoms with van der Waals surface area (Å²) in [5.41, 5.74) is 5.07. The van der Waals surface area contributed by atoms with Gasteiger partial charge in [0.15, 0.2) is 0 Å². The Kier molecular flexibility index (Phi) is 1.92. The Morgan fingerprint density at radius 2 is 1.92 bits per heavy atom. The van der Waals surface area contributed by atoms with Gasteiger partial charge in [-0.1, -0.05) is 24.3 Å². The second-order valence-electron chi connectivity index (χ2n) is 2.57. The summed E-state index contributed by atoms with van der Waals surface area (Å²) in [7, 11) is 0. The molecule has 59 valence electrons. The standard InChI is InChI=1S/C10H8NS/c1-8-2-4-9(5-3-8)10-6-12-7-11-10/h2-7H,1H2. The van der Waals surface area contributed by atoms with Crippen LogP contribution >= 0.6 is 11.3 Å². The van der Waals surface area contributed by atoms with Crippen molar-refractivity contribution in [3.8, 4) is 11.3 Å². The molecule has 0 spiro atoms. The van der Waals surface area contributed by atoms with Gasteiger partial charge in [0.1, 0.15) is 0 Å². The van der Waals surface area contributed by atoms with Crippen molar-refractivity contribution in [1.82, 2.24) is 4.98 Å². The van der Waals surface area contributed by atoms with E-state index in [0.29, 0.717) is 0 Å². The van der Waals surface area contributed by atoms with Crippen LogP contribution in [0.4, 0.5) is 0 Å². The highest BCUT2D eigenvalue weighted by molar-refractivity contribution is 7.07. The summed E-state index contributed by atoms with van der Waals surface area (Å²) in [4.78, 5) is 4.21. The van der Waals surface area contributed by atoms with E-state index in [1.54, 1.807) is 11.3 Å². The predicted octanol–water partition coefficient (Wildman–Crippen LogP) is 2.99. The maximum Gasteiger partial charge on any atom is 0.0811 e. The lowest BCUT2D eigenvalue weighted by Crippen LogP contribution is -1.76. The molecular formula is C10H8NS. The molecule has 1 nitrogen and oxygen atoms in total. The number of nitrogens with zero attached hydrogens (tertiary/aromatic N) is 1. The van der Waals surface area contributed by atoms with Gasteiger partial charge in [0.05, 0.1) is 11.2 Å². The summed E-state index contributed by atoms with van der Waals surface area (Å²) in [6, 6.07) is 8.07. The number of hydrogen-bond acceptors (Lipinski definition) is 2. The summed E-state index contributed by atoms with van der Waals surface area (Å²) >= 11 is 1.61. The zero-order valence-electron chi connectivity index (χ0n) is 6.53. The Morgan fingerprint density at radius 1 is 1.17 bits per heavy atom. The van der Waals surface area contributed by atoms with Crippen molar-refractivity contribution in [2.24, 2.45) is 0 Å². The summed E-state index contributed by atoms with van der Waals surface area (Å²) in [5, 5.41) is 2.04. The van der Waals surface area contributed by atoms with Crippen LogP contribution in [0.1, 0.15) is 5.56 Å². The van der Waals surface area contributed by atoms with Crippen LogP contribution in [0.3, 0.4) is 0 Å². The quantitative estimate of drug-likeness (QED) is 0.647. The zero-order chi connectivity index (χ0) is 8.39. The van der Waals surface area contributed by atoms with Gasteiger partial charge in [0.2, 0.25) is 0 Å². The molecule has 2 rings (SSSR count). The highest BCUT2D eigenvalue weighted by atomic mass is 32.1. The van der Waals surface area contributed by atoms with Crippen molar-refractivity contribution in [2.75, 3.05) is 0 Å². The highest BCUT2D eigenvalue weighted by Gasteiger charge is 1.96. The third-order valence-electron chi connectivity index (χ3n) is 1.68. The number of aromatic nitrogens is 1. The van der Waals surface area contributed by atoms with E-state index in [4.69, 9.17) is 0 Å². The normalized spacial score (nSPS) is 10.1. The Morgan fingerprint density at radius 3 is 2.50 bits per heavy atom. The van der Waals surface area contributed by atoms with Crippen LogP contribution in [0.2, 0.25) is 0 Å². The highest BCUT2D eigenvalue weighted by Crippen LogP contribution is 2.18. The molecule has 0 bridgehead atoms. The fraction of sp³-hybridized carbons (Fsp3) is 0. The minimum Gasteiger partial charge on any atom is -0.245 e. The molecule has 1 aromatic heterocycles. The molecular weight excluding hydrogens is 166 g/mol. The van der Waals surface area contributed by atoms with E-state index in [1.807, 2.05) is 35.2 Å². The minimum atomic E-state index is 1.04. The lowest BCUT2D eigenvalue weighted by Gasteiger charge is -1.95. The molecule has 2 aromatic rings. The minimum absolute atomic E-state index is 1.04. The third kappa shape index (κ3) is 1.38. The molecule has 0 atom stereocenters. The van der Waals surface area contributed by atoms with E-state index in [2.05, 4.69) is 11.9 Å². The molecule has 0 aliphatic rings. The molecule has 1 heterocycles. The third-order valence-corrected chi connectivity index (χ3v) is 2.27. The monoisotopic (exact) mass is 174 g/mol. The van der Waals surface area contributed by atoms with Crippen molar-refractivity contribution in [1.29, 1.82) is 0 Å². The van der Waals surface area contributed by atoms with Crippen LogP contribution in [0.25, 0.3) is 11.3 Å². The molecule has 0 aliphatic carbocycles. The molecule has 0 saturated carbocycles. The Hall–Kier alpha value is -1.15. The van der Waals surface area contributed by atoms with Gasteiger partial charge in [0, 0.05) is 10.9 Å². The Labute approximate surface area is 75.7 Å². The van der Waals surface area contributed by atoms with Gasteiger partial charge in [-0.15, -0.1) is 11.3 Å². The van der Waals surface area contributed by atoms with E-state index in [1.165, 1.54) is 0 Å². The molecule has 0 N–H and O–H groups in total. The largest absolute Gasteiger partial charge is 0.245 e. The molecule has 0 fully saturated rings. The van der Waals surface area contributed by atoms with Crippen molar-refractivity contribution in [3.05, 3.63) is 47.6 Å². The van der Waals surface area contributed by atoms with E-state index in [-0.39, 0.29) is 0 Å². The van der Waals surface area contributed by atoms with Gasteiger partial charge >= 0.3 is 0 Å². The van der Waals surface area contributed by atoms with E-state index in [0.717, 1.165) is 16.8 Å². The predicted molar refractivity (Wildman–Crippen MR) is 52.0 cm³/mol. The van der Waals surface area contributed by atoms with Gasteiger partial charge in [-0.2, -0.15) is 0 Å². The second kappa shape index (κ2) is 3.07. The van der Waals surface area contributed by atoms with Crippen molar-refractivity contribution >= 4 is 11.3 Å². The molecule has 0 saturated heterocycles. The van der Waals surface area contributed by atoms with Gasteiger partial charge in [0.25, 0.3) is 0 Å². The second-order valence-corrected chi connectivity index (χ2v) is 3.29. The number of thiazole rings is 1. The van der Waals surface area contributed by atoms with E-state index >= 15 is 0 Å². The molecule has 12 heavy (non-hydrogen) atoms. The van der Waals surface area contributed by atoms with Gasteiger partial charge in [-0.05, 0) is 12.5 Å². The molecule has 0 amide bonds. The van der Waals surface area contributed by atoms with Crippen molar-refractivity contribution < 1.29 is 0 Å². The molecule has 1 aromatic carbocycles. The first-order valence-corrected chi connectivity index (χ1v) is 4.61. The Balaban J connectivity index is 2.43. The number of benzene rings is 1. The van der Waals surface area contributed by atoms with Crippen LogP contribution in [0.15, 0.2) is 35.2 Å². The van der Waals surface area contributed by atoms with E-state index in [9.17, 15) is 0 Å². The fourth-order valence-corrected chi connectivity index (χ4v) is 1.59.